The van der Waals surface area contributed by atoms with E-state index < -0.39 is 0 Å². The van der Waals surface area contributed by atoms with Gasteiger partial charge in [0.1, 0.15) is 0 Å². The zero-order valence-electron chi connectivity index (χ0n) is 12.2. The van der Waals surface area contributed by atoms with Crippen LogP contribution in [-0.4, -0.2) is 21.7 Å². The molecule has 1 amide bonds. The van der Waals surface area contributed by atoms with Crippen molar-refractivity contribution in [1.29, 1.82) is 0 Å². The topological polar surface area (TPSA) is 59.3 Å². The van der Waals surface area contributed by atoms with Crippen molar-refractivity contribution in [1.82, 2.24) is 15.0 Å². The van der Waals surface area contributed by atoms with E-state index in [-0.39, 0.29) is 12.3 Å². The third-order valence-electron chi connectivity index (χ3n) is 3.48. The van der Waals surface area contributed by atoms with Crippen LogP contribution in [0.4, 0.5) is 0 Å². The summed E-state index contributed by atoms with van der Waals surface area (Å²) in [6.45, 7) is 0. The zero-order valence-corrected chi connectivity index (χ0v) is 12.2. The number of nitrogens with zero attached hydrogens (tertiary/aromatic N) is 3. The number of carbonyl (C=O) groups is 1. The van der Waals surface area contributed by atoms with Gasteiger partial charge in [-0.05, 0) is 23.6 Å². The largest absolute Gasteiger partial charge is 0.347 e. The monoisotopic (exact) mass is 292 g/mol. The second-order valence-corrected chi connectivity index (χ2v) is 5.01. The van der Waals surface area contributed by atoms with Gasteiger partial charge in [0.2, 0.25) is 5.91 Å². The second-order valence-electron chi connectivity index (χ2n) is 5.01. The van der Waals surface area contributed by atoms with Gasteiger partial charge in [0.15, 0.2) is 0 Å². The van der Waals surface area contributed by atoms with Gasteiger partial charge in [-0.1, -0.05) is 24.3 Å². The van der Waals surface area contributed by atoms with Gasteiger partial charge >= 0.3 is 0 Å². The molecule has 0 saturated heterocycles. The number of aromatic nitrogens is 2. The minimum absolute atomic E-state index is 0.147. The Kier molecular flexibility index (Phi) is 3.96. The molecule has 0 fully saturated rings. The summed E-state index contributed by atoms with van der Waals surface area (Å²) < 4.78 is 2.03. The Morgan fingerprint density at radius 2 is 2.18 bits per heavy atom. The van der Waals surface area contributed by atoms with Gasteiger partial charge in [0.25, 0.3) is 0 Å². The van der Waals surface area contributed by atoms with E-state index in [2.05, 4.69) is 15.5 Å². The van der Waals surface area contributed by atoms with Gasteiger partial charge in [-0.3, -0.25) is 9.78 Å². The number of hydrazone groups is 1. The van der Waals surface area contributed by atoms with Crippen LogP contribution in [0.1, 0.15) is 11.3 Å². The molecule has 3 rings (SSSR count). The summed E-state index contributed by atoms with van der Waals surface area (Å²) in [5, 5.41) is 5.08. The number of hydrogen-bond acceptors (Lipinski definition) is 3. The van der Waals surface area contributed by atoms with Crippen molar-refractivity contribution < 1.29 is 4.79 Å². The van der Waals surface area contributed by atoms with E-state index in [0.29, 0.717) is 0 Å². The van der Waals surface area contributed by atoms with Crippen molar-refractivity contribution in [3.63, 3.8) is 0 Å². The van der Waals surface area contributed by atoms with Crippen LogP contribution in [0.15, 0.2) is 60.0 Å². The molecular formula is C17H16N4O. The number of benzene rings is 1. The molecule has 0 aliphatic rings. The van der Waals surface area contributed by atoms with E-state index in [4.69, 9.17) is 0 Å². The molecule has 0 unspecified atom stereocenters. The smallest absolute Gasteiger partial charge is 0.245 e. The van der Waals surface area contributed by atoms with Gasteiger partial charge in [-0.15, -0.1) is 0 Å². The van der Waals surface area contributed by atoms with Crippen molar-refractivity contribution in [3.05, 3.63) is 66.1 Å². The lowest BCUT2D eigenvalue weighted by molar-refractivity contribution is -0.120. The highest BCUT2D eigenvalue weighted by Gasteiger charge is 2.09. The van der Waals surface area contributed by atoms with Crippen LogP contribution >= 0.6 is 0 Å². The lowest BCUT2D eigenvalue weighted by atomic mass is 10.2. The van der Waals surface area contributed by atoms with E-state index in [1.54, 1.807) is 18.6 Å². The van der Waals surface area contributed by atoms with Crippen molar-refractivity contribution in [2.24, 2.45) is 12.1 Å². The first kappa shape index (κ1) is 14.0. The Balaban J connectivity index is 1.66. The quantitative estimate of drug-likeness (QED) is 0.592. The highest BCUT2D eigenvalue weighted by Crippen LogP contribution is 2.18. The third-order valence-corrected chi connectivity index (χ3v) is 3.48. The first-order valence-electron chi connectivity index (χ1n) is 6.99. The molecular weight excluding hydrogens is 276 g/mol. The zero-order chi connectivity index (χ0) is 15.4. The molecule has 0 aliphatic carbocycles. The maximum absolute atomic E-state index is 12.0. The van der Waals surface area contributed by atoms with Crippen LogP contribution in [0.2, 0.25) is 0 Å². The van der Waals surface area contributed by atoms with Gasteiger partial charge in [-0.25, -0.2) is 5.43 Å². The predicted molar refractivity (Wildman–Crippen MR) is 86.6 cm³/mol. The minimum atomic E-state index is -0.147. The van der Waals surface area contributed by atoms with Gasteiger partial charge in [0.05, 0.1) is 12.6 Å². The fourth-order valence-corrected chi connectivity index (χ4v) is 2.35. The summed E-state index contributed by atoms with van der Waals surface area (Å²) >= 11 is 0. The fourth-order valence-electron chi connectivity index (χ4n) is 2.35. The molecule has 0 atom stereocenters. The van der Waals surface area contributed by atoms with Crippen molar-refractivity contribution >= 4 is 23.0 Å². The Hall–Kier alpha value is -2.95. The van der Waals surface area contributed by atoms with Crippen LogP contribution in [0.25, 0.3) is 10.9 Å². The lowest BCUT2D eigenvalue weighted by Gasteiger charge is -2.03. The average molecular weight is 292 g/mol. The Bertz CT molecular complexity index is 821. The average Bonchev–Trinajstić information content (AvgIpc) is 2.85. The Morgan fingerprint density at radius 3 is 2.95 bits per heavy atom. The van der Waals surface area contributed by atoms with Crippen molar-refractivity contribution in [2.45, 2.75) is 6.42 Å². The first-order valence-corrected chi connectivity index (χ1v) is 6.99. The summed E-state index contributed by atoms with van der Waals surface area (Å²) in [4.78, 5) is 16.0. The molecule has 2 heterocycles. The van der Waals surface area contributed by atoms with Gasteiger partial charge in [-0.2, -0.15) is 5.10 Å². The van der Waals surface area contributed by atoms with Crippen LogP contribution < -0.4 is 5.43 Å². The normalized spacial score (nSPS) is 11.1. The number of carbonyl (C=O) groups excluding carboxylic acids is 1. The number of rotatable bonds is 4. The highest BCUT2D eigenvalue weighted by molar-refractivity contribution is 5.86. The van der Waals surface area contributed by atoms with Crippen LogP contribution in [0.3, 0.4) is 0 Å². The van der Waals surface area contributed by atoms with Crippen molar-refractivity contribution in [2.75, 3.05) is 0 Å². The molecule has 110 valence electrons. The highest BCUT2D eigenvalue weighted by atomic mass is 16.2. The molecule has 0 radical (unpaired) electrons. The Labute approximate surface area is 128 Å². The molecule has 0 aliphatic heterocycles. The molecule has 3 aromatic rings. The standard InChI is InChI=1S/C17H16N4O/c1-21-15(9-14-6-2-3-7-16(14)21)10-17(22)20-19-12-13-5-4-8-18-11-13/h2-9,11-12H,10H2,1H3,(H,20,22)/b19-12+. The van der Waals surface area contributed by atoms with Gasteiger partial charge < -0.3 is 4.57 Å². The molecule has 0 saturated carbocycles. The number of hydrogen-bond donors (Lipinski definition) is 1. The second kappa shape index (κ2) is 6.22. The predicted octanol–water partition coefficient (Wildman–Crippen LogP) is 2.27. The maximum atomic E-state index is 12.0. The van der Waals surface area contributed by atoms with Crippen molar-refractivity contribution in [3.8, 4) is 0 Å². The van der Waals surface area contributed by atoms with E-state index in [0.717, 1.165) is 22.2 Å². The molecule has 2 aromatic heterocycles. The van der Waals surface area contributed by atoms with Gasteiger partial charge in [0, 0.05) is 36.2 Å². The van der Waals surface area contributed by atoms with E-state index in [1.807, 2.05) is 54.1 Å². The number of amides is 1. The summed E-state index contributed by atoms with van der Waals surface area (Å²) in [5.41, 5.74) is 5.45. The SMILES string of the molecule is Cn1c(CC(=O)N/N=C/c2cccnc2)cc2ccccc21. The van der Waals surface area contributed by atoms with Crippen LogP contribution in [0, 0.1) is 0 Å². The molecule has 5 nitrogen and oxygen atoms in total. The van der Waals surface area contributed by atoms with Crippen LogP contribution in [0.5, 0.6) is 0 Å². The van der Waals surface area contributed by atoms with Crippen LogP contribution in [-0.2, 0) is 18.3 Å². The lowest BCUT2D eigenvalue weighted by Crippen LogP contribution is -2.20. The minimum Gasteiger partial charge on any atom is -0.347 e. The third kappa shape index (κ3) is 3.03. The molecule has 0 bridgehead atoms. The maximum Gasteiger partial charge on any atom is 0.245 e. The summed E-state index contributed by atoms with van der Waals surface area (Å²) in [5.74, 6) is -0.147. The molecule has 1 aromatic carbocycles. The van der Waals surface area contributed by atoms with E-state index in [1.165, 1.54) is 0 Å². The number of pyridine rings is 1. The molecule has 5 heteroatoms. The number of aryl methyl sites for hydroxylation is 1. The Morgan fingerprint density at radius 1 is 1.32 bits per heavy atom. The summed E-state index contributed by atoms with van der Waals surface area (Å²) in [6, 6.07) is 13.8. The summed E-state index contributed by atoms with van der Waals surface area (Å²) in [6.07, 6.45) is 5.23. The fraction of sp³-hybridized carbons (Fsp3) is 0.118. The number of para-hydroxylation sites is 1. The number of fused-ring (bicyclic) bond motifs is 1. The molecule has 0 spiro atoms. The number of nitrogens with one attached hydrogen (secondary N) is 1. The first-order chi connectivity index (χ1) is 10.7. The van der Waals surface area contributed by atoms with E-state index in [9.17, 15) is 4.79 Å². The van der Waals surface area contributed by atoms with E-state index >= 15 is 0 Å². The summed E-state index contributed by atoms with van der Waals surface area (Å²) in [7, 11) is 1.96. The molecule has 1 N–H and O–H groups in total. The molecule has 22 heavy (non-hydrogen) atoms.